The molecular formula is C10H16N2O2S. The summed E-state index contributed by atoms with van der Waals surface area (Å²) in [5.74, 6) is 0.797. The number of nitrogens with one attached hydrogen (secondary N) is 1. The van der Waals surface area contributed by atoms with Crippen LogP contribution in [0.4, 0.5) is 0 Å². The van der Waals surface area contributed by atoms with Crippen molar-refractivity contribution >= 4 is 17.7 Å². The van der Waals surface area contributed by atoms with Gasteiger partial charge in [0.15, 0.2) is 0 Å². The van der Waals surface area contributed by atoms with Crippen molar-refractivity contribution in [3.63, 3.8) is 0 Å². The van der Waals surface area contributed by atoms with Gasteiger partial charge in [0, 0.05) is 12.1 Å². The molecule has 1 atom stereocenters. The van der Waals surface area contributed by atoms with Crippen molar-refractivity contribution in [1.29, 1.82) is 0 Å². The summed E-state index contributed by atoms with van der Waals surface area (Å²) >= 11 is 1.69. The highest BCUT2D eigenvalue weighted by Gasteiger charge is 2.12. The summed E-state index contributed by atoms with van der Waals surface area (Å²) < 4.78 is 4.89. The molecule has 0 spiro atoms. The molecule has 0 aliphatic heterocycles. The van der Waals surface area contributed by atoms with Crippen LogP contribution in [0.5, 0.6) is 0 Å². The van der Waals surface area contributed by atoms with Gasteiger partial charge in [0.25, 0.3) is 0 Å². The van der Waals surface area contributed by atoms with E-state index >= 15 is 0 Å². The fraction of sp³-hybridized carbons (Fsp3) is 0.500. The molecule has 0 saturated heterocycles. The van der Waals surface area contributed by atoms with Crippen molar-refractivity contribution in [2.24, 2.45) is 5.73 Å². The minimum absolute atomic E-state index is 0.106. The smallest absolute Gasteiger partial charge is 0.237 e. The van der Waals surface area contributed by atoms with Crippen LogP contribution in [0, 0.1) is 0 Å². The van der Waals surface area contributed by atoms with E-state index in [2.05, 4.69) is 5.32 Å². The van der Waals surface area contributed by atoms with E-state index in [1.54, 1.807) is 24.3 Å². The van der Waals surface area contributed by atoms with Gasteiger partial charge in [0.2, 0.25) is 5.91 Å². The van der Waals surface area contributed by atoms with Crippen LogP contribution in [0.1, 0.15) is 12.0 Å². The number of carbonyl (C=O) groups excluding carboxylic acids is 1. The third-order valence-electron chi connectivity index (χ3n) is 2.02. The zero-order chi connectivity index (χ0) is 11.1. The summed E-state index contributed by atoms with van der Waals surface area (Å²) in [5.41, 5.74) is 6.64. The fourth-order valence-corrected chi connectivity index (χ4v) is 1.58. The molecule has 0 unspecified atom stereocenters. The Morgan fingerprint density at radius 3 is 3.13 bits per heavy atom. The number of rotatable bonds is 6. The minimum Gasteiger partial charge on any atom is -0.472 e. The Morgan fingerprint density at radius 1 is 1.73 bits per heavy atom. The van der Waals surface area contributed by atoms with E-state index in [-0.39, 0.29) is 5.91 Å². The second-order valence-corrected chi connectivity index (χ2v) is 4.22. The van der Waals surface area contributed by atoms with E-state index in [9.17, 15) is 4.79 Å². The first-order valence-corrected chi connectivity index (χ1v) is 6.16. The summed E-state index contributed by atoms with van der Waals surface area (Å²) in [7, 11) is 0. The Kier molecular flexibility index (Phi) is 5.28. The standard InChI is InChI=1S/C10H16N2O2S/c1-15-5-3-9(11)10(13)12-6-8-2-4-14-7-8/h2,4,7,9H,3,5-6,11H2,1H3,(H,12,13)/t9-/m1/s1. The highest BCUT2D eigenvalue weighted by Crippen LogP contribution is 2.01. The molecule has 3 N–H and O–H groups in total. The normalized spacial score (nSPS) is 12.4. The van der Waals surface area contributed by atoms with Gasteiger partial charge >= 0.3 is 0 Å². The van der Waals surface area contributed by atoms with E-state index in [1.807, 2.05) is 12.3 Å². The van der Waals surface area contributed by atoms with Crippen LogP contribution in [0.2, 0.25) is 0 Å². The van der Waals surface area contributed by atoms with Gasteiger partial charge in [-0.3, -0.25) is 4.79 Å². The molecule has 1 amide bonds. The Hall–Kier alpha value is -0.940. The van der Waals surface area contributed by atoms with E-state index in [1.165, 1.54) is 0 Å². The van der Waals surface area contributed by atoms with Crippen LogP contribution in [0.3, 0.4) is 0 Å². The van der Waals surface area contributed by atoms with Crippen LogP contribution >= 0.6 is 11.8 Å². The molecule has 1 aromatic rings. The Labute approximate surface area is 93.6 Å². The number of carbonyl (C=O) groups is 1. The topological polar surface area (TPSA) is 68.3 Å². The maximum Gasteiger partial charge on any atom is 0.237 e. The van der Waals surface area contributed by atoms with Crippen molar-refractivity contribution in [2.45, 2.75) is 19.0 Å². The molecule has 0 radical (unpaired) electrons. The van der Waals surface area contributed by atoms with Gasteiger partial charge in [-0.2, -0.15) is 11.8 Å². The van der Waals surface area contributed by atoms with Crippen molar-refractivity contribution in [3.8, 4) is 0 Å². The van der Waals surface area contributed by atoms with Gasteiger partial charge in [0.05, 0.1) is 18.6 Å². The maximum atomic E-state index is 11.5. The van der Waals surface area contributed by atoms with Gasteiger partial charge < -0.3 is 15.5 Å². The zero-order valence-corrected chi connectivity index (χ0v) is 9.55. The Balaban J connectivity index is 2.23. The summed E-state index contributed by atoms with van der Waals surface area (Å²) in [5, 5.41) is 2.76. The maximum absolute atomic E-state index is 11.5. The average Bonchev–Trinajstić information content (AvgIpc) is 2.75. The molecular weight excluding hydrogens is 212 g/mol. The lowest BCUT2D eigenvalue weighted by atomic mass is 10.2. The molecule has 0 aliphatic rings. The SMILES string of the molecule is CSCC[C@@H](N)C(=O)NCc1ccoc1. The second-order valence-electron chi connectivity index (χ2n) is 3.24. The van der Waals surface area contributed by atoms with E-state index in [0.29, 0.717) is 13.0 Å². The summed E-state index contributed by atoms with van der Waals surface area (Å²) in [6.45, 7) is 0.475. The second kappa shape index (κ2) is 6.53. The van der Waals surface area contributed by atoms with Crippen LogP contribution in [0.25, 0.3) is 0 Å². The minimum atomic E-state index is -0.413. The number of furan rings is 1. The van der Waals surface area contributed by atoms with Gasteiger partial charge in [-0.05, 0) is 24.5 Å². The quantitative estimate of drug-likeness (QED) is 0.761. The van der Waals surface area contributed by atoms with E-state index in [0.717, 1.165) is 11.3 Å². The molecule has 0 bridgehead atoms. The van der Waals surface area contributed by atoms with Gasteiger partial charge in [0.1, 0.15) is 0 Å². The first kappa shape index (κ1) is 12.1. The molecule has 15 heavy (non-hydrogen) atoms. The molecule has 5 heteroatoms. The van der Waals surface area contributed by atoms with Crippen LogP contribution < -0.4 is 11.1 Å². The van der Waals surface area contributed by atoms with Crippen LogP contribution in [-0.4, -0.2) is 24.0 Å². The number of nitrogens with two attached hydrogens (primary N) is 1. The Bertz CT molecular complexity index is 288. The molecule has 4 nitrogen and oxygen atoms in total. The highest BCUT2D eigenvalue weighted by atomic mass is 32.2. The van der Waals surface area contributed by atoms with Gasteiger partial charge in [-0.1, -0.05) is 0 Å². The van der Waals surface area contributed by atoms with Crippen molar-refractivity contribution in [1.82, 2.24) is 5.32 Å². The monoisotopic (exact) mass is 228 g/mol. The lowest BCUT2D eigenvalue weighted by molar-refractivity contribution is -0.122. The molecule has 0 aromatic carbocycles. The highest BCUT2D eigenvalue weighted by molar-refractivity contribution is 7.98. The molecule has 0 fully saturated rings. The predicted molar refractivity (Wildman–Crippen MR) is 61.5 cm³/mol. The van der Waals surface area contributed by atoms with Crippen LogP contribution in [-0.2, 0) is 11.3 Å². The van der Waals surface area contributed by atoms with E-state index < -0.39 is 6.04 Å². The largest absolute Gasteiger partial charge is 0.472 e. The molecule has 84 valence electrons. The number of thioether (sulfide) groups is 1. The average molecular weight is 228 g/mol. The Morgan fingerprint density at radius 2 is 2.53 bits per heavy atom. The third kappa shape index (κ3) is 4.40. The summed E-state index contributed by atoms with van der Waals surface area (Å²) in [6.07, 6.45) is 5.89. The summed E-state index contributed by atoms with van der Waals surface area (Å²) in [6, 6.07) is 1.40. The van der Waals surface area contributed by atoms with Crippen LogP contribution in [0.15, 0.2) is 23.0 Å². The molecule has 1 aromatic heterocycles. The number of amides is 1. The molecule has 0 saturated carbocycles. The van der Waals surface area contributed by atoms with E-state index in [4.69, 9.17) is 10.2 Å². The fourth-order valence-electron chi connectivity index (χ4n) is 1.09. The predicted octanol–water partition coefficient (Wildman–Crippen LogP) is 0.976. The van der Waals surface area contributed by atoms with Crippen molar-refractivity contribution < 1.29 is 9.21 Å². The zero-order valence-electron chi connectivity index (χ0n) is 8.73. The van der Waals surface area contributed by atoms with Gasteiger partial charge in [-0.25, -0.2) is 0 Å². The molecule has 1 heterocycles. The van der Waals surface area contributed by atoms with Crippen molar-refractivity contribution in [3.05, 3.63) is 24.2 Å². The third-order valence-corrected chi connectivity index (χ3v) is 2.66. The number of hydrogen-bond acceptors (Lipinski definition) is 4. The lowest BCUT2D eigenvalue weighted by Crippen LogP contribution is -2.40. The van der Waals surface area contributed by atoms with Crippen molar-refractivity contribution in [2.75, 3.05) is 12.0 Å². The summed E-state index contributed by atoms with van der Waals surface area (Å²) in [4.78, 5) is 11.5. The molecule has 1 rings (SSSR count). The first-order valence-electron chi connectivity index (χ1n) is 4.77. The first-order chi connectivity index (χ1) is 7.24. The number of hydrogen-bond donors (Lipinski definition) is 2. The van der Waals surface area contributed by atoms with Gasteiger partial charge in [-0.15, -0.1) is 0 Å². The molecule has 0 aliphatic carbocycles. The lowest BCUT2D eigenvalue weighted by Gasteiger charge is -2.10.